The summed E-state index contributed by atoms with van der Waals surface area (Å²) >= 11 is 0. The molecule has 18 heavy (non-hydrogen) atoms. The molecule has 0 aliphatic carbocycles. The minimum Gasteiger partial charge on any atom is -0.481 e. The molecule has 0 N–H and O–H groups in total. The van der Waals surface area contributed by atoms with Crippen molar-refractivity contribution in [3.05, 3.63) is 66.1 Å². The molecule has 0 atom stereocenters. The lowest BCUT2D eigenvalue weighted by Crippen LogP contribution is -1.86. The quantitative estimate of drug-likeness (QED) is 0.767. The second-order valence-electron chi connectivity index (χ2n) is 3.60. The van der Waals surface area contributed by atoms with Crippen molar-refractivity contribution in [2.24, 2.45) is 0 Å². The maximum Gasteiger partial charge on any atom is 0.213 e. The second kappa shape index (κ2) is 6.35. The zero-order valence-electron chi connectivity index (χ0n) is 10.2. The van der Waals surface area contributed by atoms with Crippen LogP contribution in [0.2, 0.25) is 0 Å². The van der Waals surface area contributed by atoms with Gasteiger partial charge in [0, 0.05) is 18.5 Å². The lowest BCUT2D eigenvalue weighted by Gasteiger charge is -1.97. The van der Waals surface area contributed by atoms with Crippen LogP contribution in [0.1, 0.15) is 11.3 Å². The van der Waals surface area contributed by atoms with Crippen LogP contribution in [-0.2, 0) is 0 Å². The summed E-state index contributed by atoms with van der Waals surface area (Å²) in [6, 6.07) is 9.62. The van der Waals surface area contributed by atoms with E-state index in [1.165, 1.54) is 0 Å². The summed E-state index contributed by atoms with van der Waals surface area (Å²) in [5, 5.41) is 0. The molecule has 0 radical (unpaired) electrons. The largest absolute Gasteiger partial charge is 0.481 e. The average Bonchev–Trinajstić information content (AvgIpc) is 2.45. The van der Waals surface area contributed by atoms with E-state index in [9.17, 15) is 0 Å². The zero-order chi connectivity index (χ0) is 12.6. The maximum absolute atomic E-state index is 5.06. The first-order chi connectivity index (χ1) is 8.88. The first-order valence-electron chi connectivity index (χ1n) is 5.64. The number of aromatic nitrogens is 2. The Bertz CT molecular complexity index is 547. The van der Waals surface area contributed by atoms with Crippen LogP contribution in [0.15, 0.2) is 54.9 Å². The molecule has 3 heteroatoms. The molecule has 0 bridgehead atoms. The SMILES string of the molecule is COc1cc(/C=C/C=C/c2ccccn2)ccn1. The highest BCUT2D eigenvalue weighted by Crippen LogP contribution is 2.10. The highest BCUT2D eigenvalue weighted by atomic mass is 16.5. The van der Waals surface area contributed by atoms with E-state index in [1.54, 1.807) is 19.5 Å². The number of hydrogen-bond donors (Lipinski definition) is 0. The molecule has 3 nitrogen and oxygen atoms in total. The molecule has 2 aromatic heterocycles. The molecule has 0 aromatic carbocycles. The number of rotatable bonds is 4. The zero-order valence-corrected chi connectivity index (χ0v) is 10.2. The third-order valence-electron chi connectivity index (χ3n) is 2.32. The Hall–Kier alpha value is -2.42. The van der Waals surface area contributed by atoms with E-state index in [-0.39, 0.29) is 0 Å². The molecule has 2 rings (SSSR count). The number of allylic oxidation sites excluding steroid dienone is 2. The summed E-state index contributed by atoms with van der Waals surface area (Å²) in [6.07, 6.45) is 11.4. The summed E-state index contributed by atoms with van der Waals surface area (Å²) in [7, 11) is 1.61. The molecule has 2 aromatic rings. The summed E-state index contributed by atoms with van der Waals surface area (Å²) in [6.45, 7) is 0. The highest BCUT2D eigenvalue weighted by Gasteiger charge is 1.91. The van der Waals surface area contributed by atoms with Gasteiger partial charge in [0.15, 0.2) is 0 Å². The molecule has 0 aliphatic heterocycles. The monoisotopic (exact) mass is 238 g/mol. The van der Waals surface area contributed by atoms with Crippen molar-refractivity contribution < 1.29 is 4.74 Å². The van der Waals surface area contributed by atoms with Gasteiger partial charge >= 0.3 is 0 Å². The van der Waals surface area contributed by atoms with E-state index >= 15 is 0 Å². The normalized spacial score (nSPS) is 11.2. The Balaban J connectivity index is 2.01. The summed E-state index contributed by atoms with van der Waals surface area (Å²) < 4.78 is 5.06. The number of hydrogen-bond acceptors (Lipinski definition) is 3. The molecule has 0 spiro atoms. The lowest BCUT2D eigenvalue weighted by molar-refractivity contribution is 0.398. The fourth-order valence-electron chi connectivity index (χ4n) is 1.44. The predicted molar refractivity (Wildman–Crippen MR) is 73.1 cm³/mol. The molecule has 0 unspecified atom stereocenters. The number of nitrogens with zero attached hydrogens (tertiary/aromatic N) is 2. The van der Waals surface area contributed by atoms with Crippen molar-refractivity contribution in [3.63, 3.8) is 0 Å². The topological polar surface area (TPSA) is 35.0 Å². The second-order valence-corrected chi connectivity index (χ2v) is 3.60. The highest BCUT2D eigenvalue weighted by molar-refractivity contribution is 5.55. The summed E-state index contributed by atoms with van der Waals surface area (Å²) in [5.41, 5.74) is 1.99. The molecule has 0 amide bonds. The van der Waals surface area contributed by atoms with Gasteiger partial charge in [-0.1, -0.05) is 24.3 Å². The first-order valence-corrected chi connectivity index (χ1v) is 5.64. The number of pyridine rings is 2. The Morgan fingerprint density at radius 2 is 1.89 bits per heavy atom. The molecule has 0 fully saturated rings. The third-order valence-corrected chi connectivity index (χ3v) is 2.32. The van der Waals surface area contributed by atoms with Crippen molar-refractivity contribution in [2.45, 2.75) is 0 Å². The van der Waals surface area contributed by atoms with Gasteiger partial charge in [-0.2, -0.15) is 0 Å². The Morgan fingerprint density at radius 1 is 1.00 bits per heavy atom. The van der Waals surface area contributed by atoms with Crippen molar-refractivity contribution in [3.8, 4) is 5.88 Å². The molecule has 0 aliphatic rings. The van der Waals surface area contributed by atoms with Crippen LogP contribution in [0.3, 0.4) is 0 Å². The third kappa shape index (κ3) is 3.56. The van der Waals surface area contributed by atoms with Crippen LogP contribution in [-0.4, -0.2) is 17.1 Å². The fourth-order valence-corrected chi connectivity index (χ4v) is 1.44. The van der Waals surface area contributed by atoms with Gasteiger partial charge in [-0.25, -0.2) is 4.98 Å². The number of methoxy groups -OCH3 is 1. The van der Waals surface area contributed by atoms with Crippen molar-refractivity contribution in [2.75, 3.05) is 7.11 Å². The summed E-state index contributed by atoms with van der Waals surface area (Å²) in [4.78, 5) is 8.25. The van der Waals surface area contributed by atoms with E-state index < -0.39 is 0 Å². The first kappa shape index (κ1) is 12.0. The van der Waals surface area contributed by atoms with E-state index in [0.717, 1.165) is 11.3 Å². The minimum absolute atomic E-state index is 0.617. The summed E-state index contributed by atoms with van der Waals surface area (Å²) in [5.74, 6) is 0.617. The van der Waals surface area contributed by atoms with Crippen molar-refractivity contribution in [1.82, 2.24) is 9.97 Å². The molecular weight excluding hydrogens is 224 g/mol. The Kier molecular flexibility index (Phi) is 4.25. The fraction of sp³-hybridized carbons (Fsp3) is 0.0667. The predicted octanol–water partition coefficient (Wildman–Crippen LogP) is 3.21. The van der Waals surface area contributed by atoms with Gasteiger partial charge in [-0.3, -0.25) is 4.98 Å². The smallest absolute Gasteiger partial charge is 0.213 e. The van der Waals surface area contributed by atoms with Gasteiger partial charge in [0.25, 0.3) is 0 Å². The van der Waals surface area contributed by atoms with E-state index in [2.05, 4.69) is 9.97 Å². The van der Waals surface area contributed by atoms with E-state index in [4.69, 9.17) is 4.74 Å². The van der Waals surface area contributed by atoms with Gasteiger partial charge in [0.05, 0.1) is 12.8 Å². The van der Waals surface area contributed by atoms with Gasteiger partial charge < -0.3 is 4.74 Å². The van der Waals surface area contributed by atoms with Gasteiger partial charge in [0.2, 0.25) is 5.88 Å². The Morgan fingerprint density at radius 3 is 2.67 bits per heavy atom. The molecule has 2 heterocycles. The van der Waals surface area contributed by atoms with Crippen LogP contribution in [0.4, 0.5) is 0 Å². The standard InChI is InChI=1S/C15H14N2O/c1-18-15-12-13(9-11-17-15)6-2-3-7-14-8-4-5-10-16-14/h2-12H,1H3/b6-2+,7-3+. The lowest BCUT2D eigenvalue weighted by atomic mass is 10.2. The number of ether oxygens (including phenoxy) is 1. The van der Waals surface area contributed by atoms with E-state index in [0.29, 0.717) is 5.88 Å². The van der Waals surface area contributed by atoms with Crippen LogP contribution in [0.5, 0.6) is 5.88 Å². The average molecular weight is 238 g/mol. The van der Waals surface area contributed by atoms with Gasteiger partial charge in [-0.15, -0.1) is 0 Å². The molecule has 0 saturated carbocycles. The van der Waals surface area contributed by atoms with Crippen molar-refractivity contribution >= 4 is 12.2 Å². The van der Waals surface area contributed by atoms with E-state index in [1.807, 2.05) is 54.6 Å². The van der Waals surface area contributed by atoms with Crippen LogP contribution in [0, 0.1) is 0 Å². The molecule has 90 valence electrons. The van der Waals surface area contributed by atoms with Crippen LogP contribution >= 0.6 is 0 Å². The van der Waals surface area contributed by atoms with Crippen LogP contribution in [0.25, 0.3) is 12.2 Å². The van der Waals surface area contributed by atoms with Crippen molar-refractivity contribution in [1.29, 1.82) is 0 Å². The Labute approximate surface area is 106 Å². The maximum atomic E-state index is 5.06. The van der Waals surface area contributed by atoms with Crippen LogP contribution < -0.4 is 4.74 Å². The molecular formula is C15H14N2O. The van der Waals surface area contributed by atoms with Gasteiger partial charge in [0.1, 0.15) is 0 Å². The van der Waals surface area contributed by atoms with Gasteiger partial charge in [-0.05, 0) is 29.8 Å². The minimum atomic E-state index is 0.617. The molecule has 0 saturated heterocycles.